The Morgan fingerprint density at radius 1 is 1.11 bits per heavy atom. The number of methoxy groups -OCH3 is 1. The summed E-state index contributed by atoms with van der Waals surface area (Å²) in [5.74, 6) is 1.63. The Balaban J connectivity index is 1.56. The highest BCUT2D eigenvalue weighted by atomic mass is 32.2. The average molecular weight is 501 g/mol. The quantitative estimate of drug-likeness (QED) is 0.208. The molecule has 0 radical (unpaired) electrons. The molecule has 0 bridgehead atoms. The molecule has 0 aliphatic rings. The molecule has 5 rings (SSSR count). The maximum absolute atomic E-state index is 13.8. The first-order valence-corrected chi connectivity index (χ1v) is 13.4. The average Bonchev–Trinajstić information content (AvgIpc) is 3.52. The van der Waals surface area contributed by atoms with E-state index in [1.807, 2.05) is 66.2 Å². The molecule has 5 nitrogen and oxygen atoms in total. The van der Waals surface area contributed by atoms with Gasteiger partial charge in [0, 0.05) is 39.6 Å². The lowest BCUT2D eigenvalue weighted by molar-refractivity contribution is 0.0964. The van der Waals surface area contributed by atoms with Crippen molar-refractivity contribution in [1.82, 2.24) is 4.98 Å². The number of hydrogen-bond acceptors (Lipinski definition) is 6. The van der Waals surface area contributed by atoms with Crippen LogP contribution < -0.4 is 9.64 Å². The summed E-state index contributed by atoms with van der Waals surface area (Å²) in [5, 5.41) is 5.61. The number of hydrogen-bond donors (Lipinski definition) is 0. The van der Waals surface area contributed by atoms with Gasteiger partial charge in [-0.05, 0) is 29.8 Å². The Bertz CT molecular complexity index is 1540. The van der Waals surface area contributed by atoms with E-state index in [2.05, 4.69) is 12.6 Å². The topological polar surface area (TPSA) is 55.6 Å². The standard InChI is InChI=1S/C28H24N2O3S2/c1-4-15-30(27(31)26-22(16-34-3)21-11-7-8-12-25(21)33-26)28-29-23(17-35-28)19-13-14-24(32-2)20-10-6-5-9-18(19)20/h4-14,17H,1,15-16H2,2-3H3. The Morgan fingerprint density at radius 2 is 1.86 bits per heavy atom. The molecule has 0 saturated heterocycles. The zero-order valence-electron chi connectivity index (χ0n) is 19.5. The van der Waals surface area contributed by atoms with Gasteiger partial charge < -0.3 is 9.15 Å². The maximum atomic E-state index is 13.8. The van der Waals surface area contributed by atoms with Crippen LogP contribution in [0.1, 0.15) is 16.1 Å². The molecule has 0 N–H and O–H groups in total. The first-order valence-electron chi connectivity index (χ1n) is 11.1. The van der Waals surface area contributed by atoms with Crippen molar-refractivity contribution in [2.75, 3.05) is 24.8 Å². The van der Waals surface area contributed by atoms with E-state index < -0.39 is 0 Å². The lowest BCUT2D eigenvalue weighted by Gasteiger charge is -2.17. The molecule has 3 aromatic carbocycles. The van der Waals surface area contributed by atoms with Gasteiger partial charge in [0.2, 0.25) is 0 Å². The highest BCUT2D eigenvalue weighted by molar-refractivity contribution is 7.97. The number of fused-ring (bicyclic) bond motifs is 2. The van der Waals surface area contributed by atoms with Crippen molar-refractivity contribution in [2.45, 2.75) is 5.75 Å². The number of carbonyl (C=O) groups excluding carboxylic acids is 1. The third kappa shape index (κ3) is 4.22. The summed E-state index contributed by atoms with van der Waals surface area (Å²) in [6.45, 7) is 4.19. The number of benzene rings is 3. The van der Waals surface area contributed by atoms with E-state index in [-0.39, 0.29) is 5.91 Å². The predicted molar refractivity (Wildman–Crippen MR) is 147 cm³/mol. The first kappa shape index (κ1) is 23.2. The third-order valence-corrected chi connectivity index (χ3v) is 7.28. The van der Waals surface area contributed by atoms with E-state index in [4.69, 9.17) is 14.1 Å². The lowest BCUT2D eigenvalue weighted by Crippen LogP contribution is -2.31. The lowest BCUT2D eigenvalue weighted by atomic mass is 10.0. The van der Waals surface area contributed by atoms with Gasteiger partial charge in [-0.15, -0.1) is 17.9 Å². The molecule has 0 atom stereocenters. The second-order valence-electron chi connectivity index (χ2n) is 7.92. The summed E-state index contributed by atoms with van der Waals surface area (Å²) >= 11 is 3.09. The Kier molecular flexibility index (Phi) is 6.61. The number of para-hydroxylation sites is 1. The Hall–Kier alpha value is -3.55. The zero-order chi connectivity index (χ0) is 24.4. The van der Waals surface area contributed by atoms with Gasteiger partial charge in [-0.2, -0.15) is 11.8 Å². The maximum Gasteiger partial charge on any atom is 0.296 e. The number of rotatable bonds is 8. The van der Waals surface area contributed by atoms with Gasteiger partial charge in [0.25, 0.3) is 5.91 Å². The minimum Gasteiger partial charge on any atom is -0.496 e. The number of thioether (sulfide) groups is 1. The normalized spacial score (nSPS) is 11.1. The molecular formula is C28H24N2O3S2. The zero-order valence-corrected chi connectivity index (χ0v) is 21.1. The SMILES string of the molecule is C=CCN(C(=O)c1oc2ccccc2c1CSC)c1nc(-c2ccc(OC)c3ccccc23)cs1. The van der Waals surface area contributed by atoms with Gasteiger partial charge in [-0.1, -0.05) is 48.5 Å². The van der Waals surface area contributed by atoms with E-state index in [1.54, 1.807) is 29.8 Å². The molecule has 176 valence electrons. The fourth-order valence-corrected chi connectivity index (χ4v) is 5.65. The Morgan fingerprint density at radius 3 is 2.60 bits per heavy atom. The van der Waals surface area contributed by atoms with Crippen molar-refractivity contribution in [3.63, 3.8) is 0 Å². The molecule has 2 heterocycles. The molecule has 35 heavy (non-hydrogen) atoms. The molecule has 2 aromatic heterocycles. The van der Waals surface area contributed by atoms with Crippen LogP contribution in [-0.2, 0) is 5.75 Å². The molecule has 0 fully saturated rings. The van der Waals surface area contributed by atoms with Crippen molar-refractivity contribution in [2.24, 2.45) is 0 Å². The summed E-state index contributed by atoms with van der Waals surface area (Å²) in [5.41, 5.74) is 3.41. The molecular weight excluding hydrogens is 476 g/mol. The van der Waals surface area contributed by atoms with Crippen LogP contribution >= 0.6 is 23.1 Å². The molecule has 0 aliphatic heterocycles. The van der Waals surface area contributed by atoms with Crippen molar-refractivity contribution < 1.29 is 13.9 Å². The number of amides is 1. The van der Waals surface area contributed by atoms with Gasteiger partial charge in [-0.25, -0.2) is 4.98 Å². The molecule has 0 aliphatic carbocycles. The summed E-state index contributed by atoms with van der Waals surface area (Å²) in [6, 6.07) is 19.8. The van der Waals surface area contributed by atoms with Crippen molar-refractivity contribution in [3.05, 3.63) is 90.0 Å². The van der Waals surface area contributed by atoms with Gasteiger partial charge in [0.05, 0.1) is 12.8 Å². The minimum absolute atomic E-state index is 0.217. The van der Waals surface area contributed by atoms with E-state index in [0.717, 1.165) is 38.7 Å². The van der Waals surface area contributed by atoms with Crippen LogP contribution in [0.2, 0.25) is 0 Å². The van der Waals surface area contributed by atoms with Gasteiger partial charge in [-0.3, -0.25) is 9.69 Å². The number of carbonyl (C=O) groups is 1. The van der Waals surface area contributed by atoms with Gasteiger partial charge in [0.15, 0.2) is 10.9 Å². The summed E-state index contributed by atoms with van der Waals surface area (Å²) in [7, 11) is 1.67. The van der Waals surface area contributed by atoms with E-state index >= 15 is 0 Å². The molecule has 0 spiro atoms. The molecule has 5 aromatic rings. The Labute approximate surface area is 212 Å². The van der Waals surface area contributed by atoms with E-state index in [9.17, 15) is 4.79 Å². The van der Waals surface area contributed by atoms with Crippen molar-refractivity contribution >= 4 is 55.9 Å². The van der Waals surface area contributed by atoms with Crippen molar-refractivity contribution in [1.29, 1.82) is 0 Å². The number of anilines is 1. The minimum atomic E-state index is -0.217. The molecule has 0 unspecified atom stereocenters. The second-order valence-corrected chi connectivity index (χ2v) is 9.62. The largest absolute Gasteiger partial charge is 0.496 e. The first-order chi connectivity index (χ1) is 17.2. The predicted octanol–water partition coefficient (Wildman–Crippen LogP) is 7.41. The molecule has 7 heteroatoms. The van der Waals surface area contributed by atoms with Crippen molar-refractivity contribution in [3.8, 4) is 17.0 Å². The van der Waals surface area contributed by atoms with Crippen LogP contribution in [0.5, 0.6) is 5.75 Å². The van der Waals surface area contributed by atoms with E-state index in [0.29, 0.717) is 28.8 Å². The molecule has 0 saturated carbocycles. The van der Waals surface area contributed by atoms with Crippen LogP contribution in [0.25, 0.3) is 33.0 Å². The fourth-order valence-electron chi connectivity index (χ4n) is 4.24. The number of furan rings is 1. The molecule has 1 amide bonds. The number of ether oxygens (including phenoxy) is 1. The highest BCUT2D eigenvalue weighted by Crippen LogP contribution is 2.37. The van der Waals surface area contributed by atoms with Crippen LogP contribution in [0.3, 0.4) is 0 Å². The van der Waals surface area contributed by atoms with Gasteiger partial charge in [0.1, 0.15) is 11.3 Å². The van der Waals surface area contributed by atoms with Gasteiger partial charge >= 0.3 is 0 Å². The summed E-state index contributed by atoms with van der Waals surface area (Å²) in [6.07, 6.45) is 3.72. The number of aromatic nitrogens is 1. The number of thiazole rings is 1. The van der Waals surface area contributed by atoms with Crippen LogP contribution in [0.15, 0.2) is 83.1 Å². The van der Waals surface area contributed by atoms with Crippen LogP contribution in [-0.4, -0.2) is 30.8 Å². The van der Waals surface area contributed by atoms with E-state index in [1.165, 1.54) is 11.3 Å². The highest BCUT2D eigenvalue weighted by Gasteiger charge is 2.27. The smallest absolute Gasteiger partial charge is 0.296 e. The second kappa shape index (κ2) is 9.98. The summed E-state index contributed by atoms with van der Waals surface area (Å²) in [4.78, 5) is 20.3. The fraction of sp³-hybridized carbons (Fsp3) is 0.143. The third-order valence-electron chi connectivity index (χ3n) is 5.84. The van der Waals surface area contributed by atoms with Crippen LogP contribution in [0.4, 0.5) is 5.13 Å². The monoisotopic (exact) mass is 500 g/mol. The van der Waals surface area contributed by atoms with Crippen LogP contribution in [0, 0.1) is 0 Å². The number of nitrogens with zero attached hydrogens (tertiary/aromatic N) is 2. The summed E-state index contributed by atoms with van der Waals surface area (Å²) < 4.78 is 11.6.